The fraction of sp³-hybridized carbons (Fsp3) is 0.0417. The highest BCUT2D eigenvalue weighted by molar-refractivity contribution is 6.31. The molecule has 6 nitrogen and oxygen atoms in total. The third kappa shape index (κ3) is 4.20. The van der Waals surface area contributed by atoms with E-state index in [1.54, 1.807) is 54.6 Å². The van der Waals surface area contributed by atoms with Crippen molar-refractivity contribution in [3.05, 3.63) is 111 Å². The Bertz CT molecular complexity index is 1350. The smallest absolute Gasteiger partial charge is 0.258 e. The molecule has 1 aliphatic rings. The number of allylic oxidation sites excluding steroid dienone is 1. The van der Waals surface area contributed by atoms with E-state index >= 15 is 0 Å². The van der Waals surface area contributed by atoms with Gasteiger partial charge in [-0.15, -0.1) is 5.10 Å². The number of carbonyl (C=O) groups excluding carboxylic acids is 1. The third-order valence-electron chi connectivity index (χ3n) is 5.18. The lowest BCUT2D eigenvalue weighted by atomic mass is 10.0. The molecule has 0 aliphatic carbocycles. The second-order valence-electron chi connectivity index (χ2n) is 7.32. The van der Waals surface area contributed by atoms with E-state index in [0.717, 1.165) is 5.56 Å². The Morgan fingerprint density at radius 3 is 2.48 bits per heavy atom. The molecule has 1 atom stereocenters. The van der Waals surface area contributed by atoms with Crippen LogP contribution < -0.4 is 10.6 Å². The lowest BCUT2D eigenvalue weighted by molar-refractivity contribution is 0.102. The van der Waals surface area contributed by atoms with Crippen LogP contribution in [0.5, 0.6) is 0 Å². The highest BCUT2D eigenvalue weighted by Crippen LogP contribution is 2.37. The van der Waals surface area contributed by atoms with Gasteiger partial charge in [-0.2, -0.15) is 4.98 Å². The first-order valence-electron chi connectivity index (χ1n) is 10.0. The van der Waals surface area contributed by atoms with Gasteiger partial charge in [0.1, 0.15) is 11.9 Å². The fourth-order valence-corrected chi connectivity index (χ4v) is 4.01. The van der Waals surface area contributed by atoms with E-state index in [-0.39, 0.29) is 22.4 Å². The quantitative estimate of drug-likeness (QED) is 0.374. The standard InChI is InChI=1S/C24H16Cl2FN5O/c25-16-11-9-14(10-12-16)19-13-20(21-17(26)7-4-8-18(21)27)32-24(28-19)30-23(31-32)29-22(33)15-5-2-1-3-6-15/h1-13,20H,(H2,28,29,30,31,33)/t20-/m1/s1. The van der Waals surface area contributed by atoms with E-state index < -0.39 is 11.9 Å². The summed E-state index contributed by atoms with van der Waals surface area (Å²) in [6, 6.07) is 19.7. The van der Waals surface area contributed by atoms with Gasteiger partial charge in [0, 0.05) is 26.9 Å². The molecular formula is C24H16Cl2FN5O. The van der Waals surface area contributed by atoms with Gasteiger partial charge in [0.05, 0.1) is 0 Å². The number of halogens is 3. The largest absolute Gasteiger partial charge is 0.324 e. The fourth-order valence-electron chi connectivity index (χ4n) is 3.61. The van der Waals surface area contributed by atoms with Gasteiger partial charge in [-0.25, -0.2) is 9.07 Å². The molecule has 0 bridgehead atoms. The summed E-state index contributed by atoms with van der Waals surface area (Å²) < 4.78 is 16.4. The van der Waals surface area contributed by atoms with Crippen LogP contribution in [0.4, 0.5) is 16.3 Å². The molecule has 0 spiro atoms. The van der Waals surface area contributed by atoms with Crippen LogP contribution in [0.2, 0.25) is 10.0 Å². The molecule has 0 unspecified atom stereocenters. The first kappa shape index (κ1) is 21.2. The number of anilines is 2. The van der Waals surface area contributed by atoms with Gasteiger partial charge in [-0.1, -0.05) is 59.6 Å². The Labute approximate surface area is 198 Å². The Kier molecular flexibility index (Phi) is 5.58. The predicted octanol–water partition coefficient (Wildman–Crippen LogP) is 6.03. The molecule has 1 aliphatic heterocycles. The Balaban J connectivity index is 1.56. The van der Waals surface area contributed by atoms with E-state index in [9.17, 15) is 9.18 Å². The highest BCUT2D eigenvalue weighted by atomic mass is 35.5. The number of nitrogens with one attached hydrogen (secondary N) is 2. The van der Waals surface area contributed by atoms with E-state index in [1.165, 1.54) is 10.7 Å². The molecule has 3 aromatic carbocycles. The highest BCUT2D eigenvalue weighted by Gasteiger charge is 2.29. The zero-order chi connectivity index (χ0) is 22.9. The van der Waals surface area contributed by atoms with Crippen LogP contribution in [-0.4, -0.2) is 20.7 Å². The predicted molar refractivity (Wildman–Crippen MR) is 127 cm³/mol. The summed E-state index contributed by atoms with van der Waals surface area (Å²) in [5, 5.41) is 11.2. The van der Waals surface area contributed by atoms with Crippen LogP contribution >= 0.6 is 23.2 Å². The second kappa shape index (κ2) is 8.69. The zero-order valence-electron chi connectivity index (χ0n) is 17.0. The van der Waals surface area contributed by atoms with Crippen LogP contribution in [0, 0.1) is 5.82 Å². The molecule has 1 aromatic heterocycles. The number of nitrogens with zero attached hydrogens (tertiary/aromatic N) is 3. The topological polar surface area (TPSA) is 71.8 Å². The molecule has 1 amide bonds. The van der Waals surface area contributed by atoms with Crippen LogP contribution in [0.1, 0.15) is 27.5 Å². The lowest BCUT2D eigenvalue weighted by Gasteiger charge is -2.25. The average molecular weight is 480 g/mol. The lowest BCUT2D eigenvalue weighted by Crippen LogP contribution is -2.21. The van der Waals surface area contributed by atoms with Gasteiger partial charge >= 0.3 is 0 Å². The van der Waals surface area contributed by atoms with Crippen LogP contribution in [0.25, 0.3) is 5.70 Å². The van der Waals surface area contributed by atoms with E-state index in [0.29, 0.717) is 22.2 Å². The van der Waals surface area contributed by atoms with Crippen molar-refractivity contribution in [3.8, 4) is 0 Å². The molecule has 0 saturated heterocycles. The van der Waals surface area contributed by atoms with Crippen LogP contribution in [0.15, 0.2) is 78.9 Å². The summed E-state index contributed by atoms with van der Waals surface area (Å²) in [7, 11) is 0. The molecule has 2 heterocycles. The van der Waals surface area contributed by atoms with Crippen molar-refractivity contribution in [3.63, 3.8) is 0 Å². The van der Waals surface area contributed by atoms with Crippen molar-refractivity contribution >= 4 is 46.7 Å². The normalized spacial score (nSPS) is 14.8. The number of benzene rings is 3. The maximum absolute atomic E-state index is 14.9. The number of hydrogen-bond acceptors (Lipinski definition) is 4. The van der Waals surface area contributed by atoms with Gasteiger partial charge in [0.25, 0.3) is 11.9 Å². The Morgan fingerprint density at radius 1 is 1.00 bits per heavy atom. The summed E-state index contributed by atoms with van der Waals surface area (Å²) in [5.74, 6) is -0.424. The third-order valence-corrected chi connectivity index (χ3v) is 5.76. The van der Waals surface area contributed by atoms with Gasteiger partial charge < -0.3 is 5.32 Å². The molecule has 2 N–H and O–H groups in total. The molecule has 9 heteroatoms. The second-order valence-corrected chi connectivity index (χ2v) is 8.16. The van der Waals surface area contributed by atoms with Gasteiger partial charge in [-0.3, -0.25) is 10.1 Å². The van der Waals surface area contributed by atoms with Gasteiger partial charge in [0.15, 0.2) is 0 Å². The van der Waals surface area contributed by atoms with Crippen molar-refractivity contribution in [2.75, 3.05) is 10.6 Å². The van der Waals surface area contributed by atoms with E-state index in [1.807, 2.05) is 18.2 Å². The monoisotopic (exact) mass is 479 g/mol. The molecule has 4 aromatic rings. The number of carbonyl (C=O) groups is 1. The maximum atomic E-state index is 14.9. The summed E-state index contributed by atoms with van der Waals surface area (Å²) in [6.45, 7) is 0. The number of rotatable bonds is 4. The maximum Gasteiger partial charge on any atom is 0.258 e. The SMILES string of the molecule is O=C(Nc1nc2n(n1)[C@@H](c1c(F)cccc1Cl)C=C(c1ccc(Cl)cc1)N2)c1ccccc1. The van der Waals surface area contributed by atoms with E-state index in [2.05, 4.69) is 20.7 Å². The summed E-state index contributed by atoms with van der Waals surface area (Å²) in [5.41, 5.74) is 2.21. The van der Waals surface area contributed by atoms with Crippen LogP contribution in [-0.2, 0) is 0 Å². The number of amides is 1. The van der Waals surface area contributed by atoms with Crippen molar-refractivity contribution in [1.82, 2.24) is 14.8 Å². The molecule has 0 radical (unpaired) electrons. The van der Waals surface area contributed by atoms with Crippen molar-refractivity contribution in [2.24, 2.45) is 0 Å². The molecule has 33 heavy (non-hydrogen) atoms. The Hall–Kier alpha value is -3.68. The van der Waals surface area contributed by atoms with Crippen molar-refractivity contribution < 1.29 is 9.18 Å². The number of aromatic nitrogens is 3. The minimum Gasteiger partial charge on any atom is -0.324 e. The van der Waals surface area contributed by atoms with Crippen molar-refractivity contribution in [1.29, 1.82) is 0 Å². The summed E-state index contributed by atoms with van der Waals surface area (Å²) in [6.07, 6.45) is 1.80. The molecule has 0 fully saturated rings. The summed E-state index contributed by atoms with van der Waals surface area (Å²) >= 11 is 12.4. The minimum absolute atomic E-state index is 0.0783. The molecule has 5 rings (SSSR count). The van der Waals surface area contributed by atoms with Crippen molar-refractivity contribution in [2.45, 2.75) is 6.04 Å². The minimum atomic E-state index is -0.699. The summed E-state index contributed by atoms with van der Waals surface area (Å²) in [4.78, 5) is 17.0. The van der Waals surface area contributed by atoms with E-state index in [4.69, 9.17) is 23.2 Å². The first-order valence-corrected chi connectivity index (χ1v) is 10.8. The first-order chi connectivity index (χ1) is 16.0. The molecule has 164 valence electrons. The zero-order valence-corrected chi connectivity index (χ0v) is 18.5. The number of fused-ring (bicyclic) bond motifs is 1. The molecular weight excluding hydrogens is 464 g/mol. The van der Waals surface area contributed by atoms with Crippen LogP contribution in [0.3, 0.4) is 0 Å². The Morgan fingerprint density at radius 2 is 1.76 bits per heavy atom. The van der Waals surface area contributed by atoms with Gasteiger partial charge in [-0.05, 0) is 48.0 Å². The average Bonchev–Trinajstić information content (AvgIpc) is 3.22. The van der Waals surface area contributed by atoms with Gasteiger partial charge in [0.2, 0.25) is 5.95 Å². The molecule has 0 saturated carbocycles. The number of hydrogen-bond donors (Lipinski definition) is 2.